The van der Waals surface area contributed by atoms with Gasteiger partial charge in [-0.25, -0.2) is 4.98 Å². The van der Waals surface area contributed by atoms with Gasteiger partial charge in [-0.2, -0.15) is 4.52 Å². The molecule has 10 heteroatoms. The van der Waals surface area contributed by atoms with Crippen molar-refractivity contribution in [1.29, 1.82) is 0 Å². The van der Waals surface area contributed by atoms with Gasteiger partial charge < -0.3 is 30.9 Å². The first-order valence-electron chi connectivity index (χ1n) is 11.0. The zero-order valence-electron chi connectivity index (χ0n) is 19.3. The zero-order chi connectivity index (χ0) is 23.7. The predicted octanol–water partition coefficient (Wildman–Crippen LogP) is 2.90. The fourth-order valence-electron chi connectivity index (χ4n) is 3.67. The topological polar surface area (TPSA) is 136 Å². The lowest BCUT2D eigenvalue weighted by atomic mass is 10.1. The first kappa shape index (κ1) is 22.7. The van der Waals surface area contributed by atoms with Crippen LogP contribution in [-0.2, 0) is 0 Å². The van der Waals surface area contributed by atoms with Crippen LogP contribution in [0.5, 0.6) is 11.5 Å². The average Bonchev–Trinajstić information content (AvgIpc) is 3.57. The standard InChI is InChI=1S/C23H30N6O4/c1-12(2)18(11-30)26-19-10-17(13-5-6-13)27-23-20(21(24)31)22(28-29(19)23)25-14-7-15(32-3)9-16(8-14)33-4/h7-10,12-13,18,26,30H,5-6,11H2,1-4H3,(H2,24,31)(H,25,28)/t18-/m0/s1. The van der Waals surface area contributed by atoms with E-state index in [-0.39, 0.29) is 29.9 Å². The van der Waals surface area contributed by atoms with Crippen molar-refractivity contribution in [3.8, 4) is 11.5 Å². The molecule has 176 valence electrons. The van der Waals surface area contributed by atoms with Crippen LogP contribution in [0.25, 0.3) is 5.65 Å². The molecule has 1 aliphatic rings. The van der Waals surface area contributed by atoms with Gasteiger partial charge in [0.1, 0.15) is 22.9 Å². The molecule has 0 radical (unpaired) electrons. The van der Waals surface area contributed by atoms with E-state index in [2.05, 4.69) is 15.7 Å². The molecule has 1 saturated carbocycles. The van der Waals surface area contributed by atoms with Crippen molar-refractivity contribution in [2.75, 3.05) is 31.5 Å². The Balaban J connectivity index is 1.84. The second-order valence-corrected chi connectivity index (χ2v) is 8.57. The lowest BCUT2D eigenvalue weighted by Gasteiger charge is -2.21. The number of primary amides is 1. The van der Waals surface area contributed by atoms with Crippen LogP contribution in [0.15, 0.2) is 24.3 Å². The van der Waals surface area contributed by atoms with E-state index in [0.717, 1.165) is 18.5 Å². The highest BCUT2D eigenvalue weighted by atomic mass is 16.5. The fraction of sp³-hybridized carbons (Fsp3) is 0.435. The summed E-state index contributed by atoms with van der Waals surface area (Å²) in [6.45, 7) is 4.00. The highest BCUT2D eigenvalue weighted by Crippen LogP contribution is 2.41. The number of methoxy groups -OCH3 is 2. The predicted molar refractivity (Wildman–Crippen MR) is 126 cm³/mol. The van der Waals surface area contributed by atoms with Gasteiger partial charge in [0.05, 0.1) is 26.9 Å². The minimum absolute atomic E-state index is 0.0428. The molecular formula is C23H30N6O4. The zero-order valence-corrected chi connectivity index (χ0v) is 19.3. The summed E-state index contributed by atoms with van der Waals surface area (Å²) in [5.41, 5.74) is 7.82. The van der Waals surface area contributed by atoms with Crippen LogP contribution in [-0.4, -0.2) is 52.5 Å². The number of carbonyl (C=O) groups excluding carboxylic acids is 1. The summed E-state index contributed by atoms with van der Waals surface area (Å²) in [5.74, 6) is 1.96. The summed E-state index contributed by atoms with van der Waals surface area (Å²) >= 11 is 0. The molecule has 33 heavy (non-hydrogen) atoms. The second kappa shape index (κ2) is 9.14. The third kappa shape index (κ3) is 4.65. The van der Waals surface area contributed by atoms with Gasteiger partial charge in [-0.1, -0.05) is 13.8 Å². The molecule has 1 fully saturated rings. The number of hydrogen-bond acceptors (Lipinski definition) is 8. The van der Waals surface area contributed by atoms with Crippen LogP contribution in [0.2, 0.25) is 0 Å². The quantitative estimate of drug-likeness (QED) is 0.367. The van der Waals surface area contributed by atoms with Gasteiger partial charge in [0, 0.05) is 41.6 Å². The van der Waals surface area contributed by atoms with Crippen LogP contribution in [0, 0.1) is 5.92 Å². The average molecular weight is 455 g/mol. The Morgan fingerprint density at radius 1 is 1.21 bits per heavy atom. The third-order valence-corrected chi connectivity index (χ3v) is 5.80. The van der Waals surface area contributed by atoms with E-state index in [4.69, 9.17) is 20.2 Å². The number of fused-ring (bicyclic) bond motifs is 1. The monoisotopic (exact) mass is 454 g/mol. The molecule has 0 saturated heterocycles. The normalized spacial score (nSPS) is 14.4. The first-order valence-corrected chi connectivity index (χ1v) is 11.0. The molecule has 5 N–H and O–H groups in total. The Hall–Kier alpha value is -3.53. The number of nitrogens with zero attached hydrogens (tertiary/aromatic N) is 3. The molecule has 1 aromatic carbocycles. The fourth-order valence-corrected chi connectivity index (χ4v) is 3.67. The van der Waals surface area contributed by atoms with Gasteiger partial charge in [-0.3, -0.25) is 4.79 Å². The third-order valence-electron chi connectivity index (χ3n) is 5.80. The Labute approximate surface area is 192 Å². The number of anilines is 3. The molecule has 2 heterocycles. The minimum Gasteiger partial charge on any atom is -0.497 e. The molecule has 0 bridgehead atoms. The molecule has 2 aromatic heterocycles. The van der Waals surface area contributed by atoms with Crippen LogP contribution < -0.4 is 25.8 Å². The first-order chi connectivity index (χ1) is 15.8. The molecule has 10 nitrogen and oxygen atoms in total. The van der Waals surface area contributed by atoms with Gasteiger partial charge in [0.2, 0.25) is 0 Å². The van der Waals surface area contributed by atoms with E-state index in [9.17, 15) is 9.90 Å². The lowest BCUT2D eigenvalue weighted by Crippen LogP contribution is -2.30. The SMILES string of the molecule is COc1cc(Nc2nn3c(N[C@@H](CO)C(C)C)cc(C4CC4)nc3c2C(N)=O)cc(OC)c1. The molecular weight excluding hydrogens is 424 g/mol. The van der Waals surface area contributed by atoms with E-state index in [1.807, 2.05) is 19.9 Å². The van der Waals surface area contributed by atoms with E-state index < -0.39 is 5.91 Å². The van der Waals surface area contributed by atoms with Crippen LogP contribution in [0.1, 0.15) is 48.7 Å². The summed E-state index contributed by atoms with van der Waals surface area (Å²) in [6, 6.07) is 7.02. The highest BCUT2D eigenvalue weighted by molar-refractivity contribution is 6.04. The maximum Gasteiger partial charge on any atom is 0.256 e. The molecule has 0 aliphatic heterocycles. The number of hydrogen-bond donors (Lipinski definition) is 4. The maximum atomic E-state index is 12.5. The number of benzene rings is 1. The summed E-state index contributed by atoms with van der Waals surface area (Å²) in [6.07, 6.45) is 2.09. The van der Waals surface area contributed by atoms with Gasteiger partial charge in [-0.05, 0) is 18.8 Å². The number of aliphatic hydroxyl groups excluding tert-OH is 1. The molecule has 1 amide bonds. The van der Waals surface area contributed by atoms with Crippen molar-refractivity contribution < 1.29 is 19.4 Å². The summed E-state index contributed by atoms with van der Waals surface area (Å²) in [4.78, 5) is 17.2. The van der Waals surface area contributed by atoms with Gasteiger partial charge >= 0.3 is 0 Å². The number of carbonyl (C=O) groups is 1. The van der Waals surface area contributed by atoms with Crippen LogP contribution in [0.3, 0.4) is 0 Å². The number of aliphatic hydroxyl groups is 1. The second-order valence-electron chi connectivity index (χ2n) is 8.57. The van der Waals surface area contributed by atoms with Crippen molar-refractivity contribution in [2.45, 2.75) is 38.6 Å². The molecule has 4 rings (SSSR count). The number of nitrogens with two attached hydrogens (primary N) is 1. The van der Waals surface area contributed by atoms with Crippen LogP contribution >= 0.6 is 0 Å². The van der Waals surface area contributed by atoms with E-state index in [1.54, 1.807) is 36.9 Å². The van der Waals surface area contributed by atoms with Gasteiger partial charge in [0.15, 0.2) is 11.5 Å². The van der Waals surface area contributed by atoms with Crippen molar-refractivity contribution in [2.24, 2.45) is 11.7 Å². The van der Waals surface area contributed by atoms with Crippen LogP contribution in [0.4, 0.5) is 17.3 Å². The molecule has 1 atom stereocenters. The number of rotatable bonds is 10. The summed E-state index contributed by atoms with van der Waals surface area (Å²) < 4.78 is 12.2. The Bertz CT molecular complexity index is 1150. The largest absolute Gasteiger partial charge is 0.497 e. The Morgan fingerprint density at radius 3 is 2.39 bits per heavy atom. The minimum atomic E-state index is -0.642. The van der Waals surface area contributed by atoms with Gasteiger partial charge in [0.25, 0.3) is 5.91 Å². The number of amides is 1. The van der Waals surface area contributed by atoms with Crippen molar-refractivity contribution in [3.05, 3.63) is 35.5 Å². The van der Waals surface area contributed by atoms with E-state index >= 15 is 0 Å². The van der Waals surface area contributed by atoms with Crippen molar-refractivity contribution in [1.82, 2.24) is 14.6 Å². The Kier molecular flexibility index (Phi) is 6.28. The summed E-state index contributed by atoms with van der Waals surface area (Å²) in [5, 5.41) is 21.0. The lowest BCUT2D eigenvalue weighted by molar-refractivity contribution is 0.100. The Morgan fingerprint density at radius 2 is 1.88 bits per heavy atom. The van der Waals surface area contributed by atoms with Crippen molar-refractivity contribution >= 4 is 28.9 Å². The molecule has 1 aliphatic carbocycles. The number of aromatic nitrogens is 3. The van der Waals surface area contributed by atoms with E-state index in [0.29, 0.717) is 34.6 Å². The van der Waals surface area contributed by atoms with E-state index in [1.165, 1.54) is 0 Å². The maximum absolute atomic E-state index is 12.5. The molecule has 0 unspecified atom stereocenters. The molecule has 3 aromatic rings. The van der Waals surface area contributed by atoms with Crippen molar-refractivity contribution in [3.63, 3.8) is 0 Å². The highest BCUT2D eigenvalue weighted by Gasteiger charge is 2.29. The molecule has 0 spiro atoms. The smallest absolute Gasteiger partial charge is 0.256 e. The van der Waals surface area contributed by atoms with Gasteiger partial charge in [-0.15, -0.1) is 5.10 Å². The number of ether oxygens (including phenoxy) is 2. The summed E-state index contributed by atoms with van der Waals surface area (Å²) in [7, 11) is 3.12. The number of nitrogens with one attached hydrogen (secondary N) is 2.